The molecule has 23 heavy (non-hydrogen) atoms. The molecule has 0 amide bonds. The van der Waals surface area contributed by atoms with E-state index in [9.17, 15) is 4.79 Å². The fraction of sp³-hybridized carbons (Fsp3) is 0.316. The van der Waals surface area contributed by atoms with Gasteiger partial charge < -0.3 is 15.8 Å². The van der Waals surface area contributed by atoms with Crippen LogP contribution in [-0.4, -0.2) is 12.6 Å². The number of hydrogen-bond donors (Lipinski definition) is 2. The molecular formula is C19H24N2O2. The third kappa shape index (κ3) is 4.74. The number of nitrogens with one attached hydrogen (secondary N) is 1. The second-order valence-electron chi connectivity index (χ2n) is 5.69. The van der Waals surface area contributed by atoms with Gasteiger partial charge in [0.25, 0.3) is 0 Å². The van der Waals surface area contributed by atoms with Gasteiger partial charge in [-0.25, -0.2) is 0 Å². The molecule has 2 rings (SSSR count). The molecule has 0 spiro atoms. The average molecular weight is 312 g/mol. The number of carbonyl (C=O) groups is 1. The molecule has 2 aromatic rings. The van der Waals surface area contributed by atoms with E-state index in [0.29, 0.717) is 13.0 Å². The van der Waals surface area contributed by atoms with Crippen molar-refractivity contribution in [1.82, 2.24) is 0 Å². The predicted molar refractivity (Wildman–Crippen MR) is 95.0 cm³/mol. The molecule has 0 atom stereocenters. The standard InChI is InChI=1S/C19H24N2O2/c1-4-18(22)23-10-9-15-5-7-16(8-6-15)21-17-12-13(2)11-14(3)19(17)20/h5-8,11-12,21H,4,9-10,20H2,1-3H3. The first-order valence-electron chi connectivity index (χ1n) is 7.88. The summed E-state index contributed by atoms with van der Waals surface area (Å²) in [6.45, 7) is 6.28. The van der Waals surface area contributed by atoms with Crippen molar-refractivity contribution in [3.8, 4) is 0 Å². The van der Waals surface area contributed by atoms with Crippen LogP contribution in [0.1, 0.15) is 30.0 Å². The van der Waals surface area contributed by atoms with E-state index in [1.54, 1.807) is 6.92 Å². The SMILES string of the molecule is CCC(=O)OCCc1ccc(Nc2cc(C)cc(C)c2N)cc1. The van der Waals surface area contributed by atoms with Crippen LogP contribution in [0.15, 0.2) is 36.4 Å². The van der Waals surface area contributed by atoms with Gasteiger partial charge >= 0.3 is 5.97 Å². The summed E-state index contributed by atoms with van der Waals surface area (Å²) in [5.74, 6) is -0.159. The fourth-order valence-electron chi connectivity index (χ4n) is 2.38. The van der Waals surface area contributed by atoms with E-state index in [-0.39, 0.29) is 5.97 Å². The first-order chi connectivity index (χ1) is 11.0. The van der Waals surface area contributed by atoms with E-state index in [1.807, 2.05) is 37.3 Å². The van der Waals surface area contributed by atoms with Gasteiger partial charge in [-0.2, -0.15) is 0 Å². The molecule has 0 aliphatic rings. The normalized spacial score (nSPS) is 10.4. The zero-order chi connectivity index (χ0) is 16.8. The minimum absolute atomic E-state index is 0.159. The average Bonchev–Trinajstić information content (AvgIpc) is 2.53. The van der Waals surface area contributed by atoms with Crippen molar-refractivity contribution in [1.29, 1.82) is 0 Å². The quantitative estimate of drug-likeness (QED) is 0.622. The van der Waals surface area contributed by atoms with Gasteiger partial charge in [-0.15, -0.1) is 0 Å². The van der Waals surface area contributed by atoms with E-state index in [1.165, 1.54) is 5.56 Å². The maximum Gasteiger partial charge on any atom is 0.305 e. The second kappa shape index (κ2) is 7.68. The van der Waals surface area contributed by atoms with E-state index in [4.69, 9.17) is 10.5 Å². The number of esters is 1. The van der Waals surface area contributed by atoms with E-state index in [0.717, 1.165) is 34.6 Å². The first-order valence-corrected chi connectivity index (χ1v) is 7.88. The van der Waals surface area contributed by atoms with Crippen LogP contribution in [0.25, 0.3) is 0 Å². The molecular weight excluding hydrogens is 288 g/mol. The maximum atomic E-state index is 11.1. The van der Waals surface area contributed by atoms with Gasteiger partial charge in [0.15, 0.2) is 0 Å². The number of rotatable bonds is 6. The van der Waals surface area contributed by atoms with Gasteiger partial charge in [-0.3, -0.25) is 4.79 Å². The molecule has 0 fully saturated rings. The lowest BCUT2D eigenvalue weighted by Crippen LogP contribution is -2.06. The van der Waals surface area contributed by atoms with Crippen LogP contribution in [0.3, 0.4) is 0 Å². The lowest BCUT2D eigenvalue weighted by atomic mass is 10.1. The highest BCUT2D eigenvalue weighted by atomic mass is 16.5. The smallest absolute Gasteiger partial charge is 0.305 e. The molecule has 122 valence electrons. The Labute approximate surface area is 137 Å². The van der Waals surface area contributed by atoms with Crippen LogP contribution in [-0.2, 0) is 16.0 Å². The Morgan fingerprint density at radius 1 is 1.17 bits per heavy atom. The Balaban J connectivity index is 1.99. The molecule has 0 heterocycles. The highest BCUT2D eigenvalue weighted by molar-refractivity contribution is 5.76. The summed E-state index contributed by atoms with van der Waals surface area (Å²) in [7, 11) is 0. The summed E-state index contributed by atoms with van der Waals surface area (Å²) in [4.78, 5) is 11.1. The van der Waals surface area contributed by atoms with Crippen molar-refractivity contribution in [2.45, 2.75) is 33.6 Å². The van der Waals surface area contributed by atoms with E-state index >= 15 is 0 Å². The molecule has 4 nitrogen and oxygen atoms in total. The number of carbonyl (C=O) groups excluding carboxylic acids is 1. The highest BCUT2D eigenvalue weighted by Gasteiger charge is 2.04. The molecule has 0 radical (unpaired) electrons. The van der Waals surface area contributed by atoms with E-state index in [2.05, 4.69) is 18.3 Å². The predicted octanol–water partition coefficient (Wildman–Crippen LogP) is 4.12. The van der Waals surface area contributed by atoms with Crippen molar-refractivity contribution >= 4 is 23.0 Å². The molecule has 0 aliphatic carbocycles. The number of nitrogens with two attached hydrogens (primary N) is 1. The Morgan fingerprint density at radius 3 is 2.52 bits per heavy atom. The van der Waals surface area contributed by atoms with Crippen molar-refractivity contribution in [3.63, 3.8) is 0 Å². The zero-order valence-corrected chi connectivity index (χ0v) is 14.0. The first kappa shape index (κ1) is 16.9. The summed E-state index contributed by atoms with van der Waals surface area (Å²) < 4.78 is 5.09. The van der Waals surface area contributed by atoms with Crippen molar-refractivity contribution < 1.29 is 9.53 Å². The fourth-order valence-corrected chi connectivity index (χ4v) is 2.38. The third-order valence-electron chi connectivity index (χ3n) is 3.71. The number of hydrogen-bond acceptors (Lipinski definition) is 4. The van der Waals surface area contributed by atoms with Gasteiger partial charge in [0.1, 0.15) is 0 Å². The highest BCUT2D eigenvalue weighted by Crippen LogP contribution is 2.27. The number of aryl methyl sites for hydroxylation is 2. The van der Waals surface area contributed by atoms with Gasteiger partial charge in [-0.1, -0.05) is 25.1 Å². The maximum absolute atomic E-state index is 11.1. The van der Waals surface area contributed by atoms with Crippen molar-refractivity contribution in [2.24, 2.45) is 0 Å². The lowest BCUT2D eigenvalue weighted by Gasteiger charge is -2.13. The van der Waals surface area contributed by atoms with Crippen LogP contribution in [0.5, 0.6) is 0 Å². The van der Waals surface area contributed by atoms with Crippen LogP contribution >= 0.6 is 0 Å². The third-order valence-corrected chi connectivity index (χ3v) is 3.71. The van der Waals surface area contributed by atoms with Crippen LogP contribution in [0.2, 0.25) is 0 Å². The monoisotopic (exact) mass is 312 g/mol. The summed E-state index contributed by atoms with van der Waals surface area (Å²) in [5, 5.41) is 3.35. The summed E-state index contributed by atoms with van der Waals surface area (Å²) in [6, 6.07) is 12.2. The molecule has 0 unspecified atom stereocenters. The van der Waals surface area contributed by atoms with Gasteiger partial charge in [0.05, 0.1) is 18.0 Å². The summed E-state index contributed by atoms with van der Waals surface area (Å²) >= 11 is 0. The number of ether oxygens (including phenoxy) is 1. The molecule has 2 aromatic carbocycles. The topological polar surface area (TPSA) is 64.3 Å². The van der Waals surface area contributed by atoms with E-state index < -0.39 is 0 Å². The molecule has 0 aromatic heterocycles. The van der Waals surface area contributed by atoms with Gasteiger partial charge in [0, 0.05) is 18.5 Å². The van der Waals surface area contributed by atoms with Gasteiger partial charge in [0.2, 0.25) is 0 Å². The Morgan fingerprint density at radius 2 is 1.87 bits per heavy atom. The van der Waals surface area contributed by atoms with Crippen LogP contribution in [0, 0.1) is 13.8 Å². The van der Waals surface area contributed by atoms with Gasteiger partial charge in [-0.05, 0) is 48.7 Å². The Hall–Kier alpha value is -2.49. The molecule has 0 aliphatic heterocycles. The number of nitrogen functional groups attached to an aromatic ring is 1. The molecule has 0 saturated carbocycles. The minimum atomic E-state index is -0.159. The molecule has 4 heteroatoms. The minimum Gasteiger partial charge on any atom is -0.465 e. The largest absolute Gasteiger partial charge is 0.465 e. The molecule has 3 N–H and O–H groups in total. The number of benzene rings is 2. The molecule has 0 saturated heterocycles. The van der Waals surface area contributed by atoms with Crippen molar-refractivity contribution in [2.75, 3.05) is 17.7 Å². The summed E-state index contributed by atoms with van der Waals surface area (Å²) in [5.41, 5.74) is 12.2. The Kier molecular flexibility index (Phi) is 5.63. The van der Waals surface area contributed by atoms with Crippen LogP contribution in [0.4, 0.5) is 17.1 Å². The Bertz CT molecular complexity index is 679. The second-order valence-corrected chi connectivity index (χ2v) is 5.69. The summed E-state index contributed by atoms with van der Waals surface area (Å²) in [6.07, 6.45) is 1.14. The van der Waals surface area contributed by atoms with Crippen LogP contribution < -0.4 is 11.1 Å². The lowest BCUT2D eigenvalue weighted by molar-refractivity contribution is -0.143. The number of anilines is 3. The van der Waals surface area contributed by atoms with Crippen molar-refractivity contribution in [3.05, 3.63) is 53.1 Å². The molecule has 0 bridgehead atoms. The zero-order valence-electron chi connectivity index (χ0n) is 14.0.